The van der Waals surface area contributed by atoms with Gasteiger partial charge >= 0.3 is 0 Å². The lowest BCUT2D eigenvalue weighted by Crippen LogP contribution is -2.53. The highest BCUT2D eigenvalue weighted by atomic mass is 32.2. The van der Waals surface area contributed by atoms with Crippen LogP contribution >= 0.6 is 0 Å². The van der Waals surface area contributed by atoms with E-state index in [2.05, 4.69) is 5.32 Å². The summed E-state index contributed by atoms with van der Waals surface area (Å²) >= 11 is 0. The highest BCUT2D eigenvalue weighted by molar-refractivity contribution is 7.92. The van der Waals surface area contributed by atoms with Crippen LogP contribution in [-0.4, -0.2) is 44.3 Å². The predicted octanol–water partition coefficient (Wildman–Crippen LogP) is 5.58. The first-order chi connectivity index (χ1) is 20.6. The molecule has 0 aliphatic rings. The number of sulfonamides is 1. The summed E-state index contributed by atoms with van der Waals surface area (Å²) in [5.41, 5.74) is 4.73. The molecule has 224 valence electrons. The SMILES string of the molecule is CCNC(=O)C(Cc1ccccc1)N(Cc1ccccc1)C(=O)CN(c1cccc(C)c1C)S(=O)(=O)c1ccc(C)cc1. The third-order valence-electron chi connectivity index (χ3n) is 7.55. The van der Waals surface area contributed by atoms with Crippen molar-refractivity contribution in [3.63, 3.8) is 0 Å². The topological polar surface area (TPSA) is 86.8 Å². The minimum atomic E-state index is -4.14. The van der Waals surface area contributed by atoms with Gasteiger partial charge in [0.2, 0.25) is 11.8 Å². The third kappa shape index (κ3) is 7.70. The Hall–Kier alpha value is -4.43. The van der Waals surface area contributed by atoms with E-state index < -0.39 is 28.5 Å². The molecule has 0 fully saturated rings. The molecule has 0 aliphatic carbocycles. The molecule has 43 heavy (non-hydrogen) atoms. The van der Waals surface area contributed by atoms with E-state index in [0.29, 0.717) is 12.2 Å². The van der Waals surface area contributed by atoms with Crippen LogP contribution in [0.3, 0.4) is 0 Å². The van der Waals surface area contributed by atoms with Crippen LogP contribution in [-0.2, 0) is 32.6 Å². The Morgan fingerprint density at radius 3 is 1.98 bits per heavy atom. The van der Waals surface area contributed by atoms with Crippen molar-refractivity contribution >= 4 is 27.5 Å². The van der Waals surface area contributed by atoms with Crippen molar-refractivity contribution in [2.75, 3.05) is 17.4 Å². The standard InChI is InChI=1S/C35H39N3O4S/c1-5-36-35(40)33(23-29-14-8-6-9-15-29)37(24-30-16-10-7-11-17-30)34(39)25-38(32-18-12-13-27(3)28(32)4)43(41,42)31-21-19-26(2)20-22-31/h6-22,33H,5,23-25H2,1-4H3,(H,36,40). The second-order valence-electron chi connectivity index (χ2n) is 10.7. The molecule has 0 radical (unpaired) electrons. The van der Waals surface area contributed by atoms with Crippen LogP contribution < -0.4 is 9.62 Å². The Morgan fingerprint density at radius 1 is 0.767 bits per heavy atom. The fourth-order valence-corrected chi connectivity index (χ4v) is 6.45. The van der Waals surface area contributed by atoms with Gasteiger partial charge in [0.15, 0.2) is 0 Å². The molecule has 7 nitrogen and oxygen atoms in total. The van der Waals surface area contributed by atoms with Gasteiger partial charge in [-0.3, -0.25) is 13.9 Å². The highest BCUT2D eigenvalue weighted by Crippen LogP contribution is 2.29. The first-order valence-electron chi connectivity index (χ1n) is 14.4. The van der Waals surface area contributed by atoms with E-state index >= 15 is 0 Å². The molecule has 4 aromatic rings. The number of hydrogen-bond donors (Lipinski definition) is 1. The largest absolute Gasteiger partial charge is 0.355 e. The number of carbonyl (C=O) groups excluding carboxylic acids is 2. The monoisotopic (exact) mass is 597 g/mol. The Bertz CT molecular complexity index is 1640. The van der Waals surface area contributed by atoms with Crippen LogP contribution in [0.2, 0.25) is 0 Å². The number of nitrogens with zero attached hydrogens (tertiary/aromatic N) is 2. The fraction of sp³-hybridized carbons (Fsp3) is 0.257. The van der Waals surface area contributed by atoms with Gasteiger partial charge in [0.05, 0.1) is 10.6 Å². The van der Waals surface area contributed by atoms with E-state index in [0.717, 1.165) is 27.8 Å². The number of carbonyl (C=O) groups is 2. The van der Waals surface area contributed by atoms with Gasteiger partial charge in [0.1, 0.15) is 12.6 Å². The minimum absolute atomic E-state index is 0.0889. The molecule has 1 unspecified atom stereocenters. The van der Waals surface area contributed by atoms with Crippen LogP contribution in [0.1, 0.15) is 34.7 Å². The summed E-state index contributed by atoms with van der Waals surface area (Å²) in [7, 11) is -4.14. The number of hydrogen-bond acceptors (Lipinski definition) is 4. The summed E-state index contributed by atoms with van der Waals surface area (Å²) in [6.45, 7) is 7.53. The van der Waals surface area contributed by atoms with Crippen LogP contribution in [0.5, 0.6) is 0 Å². The lowest BCUT2D eigenvalue weighted by molar-refractivity contribution is -0.140. The maximum Gasteiger partial charge on any atom is 0.264 e. The zero-order valence-electron chi connectivity index (χ0n) is 25.2. The average Bonchev–Trinajstić information content (AvgIpc) is 3.00. The Balaban J connectivity index is 1.81. The summed E-state index contributed by atoms with van der Waals surface area (Å²) in [5, 5.41) is 2.89. The molecule has 4 aromatic carbocycles. The van der Waals surface area contributed by atoms with E-state index in [1.54, 1.807) is 36.4 Å². The lowest BCUT2D eigenvalue weighted by atomic mass is 10.0. The molecule has 0 aliphatic heterocycles. The molecular weight excluding hydrogens is 558 g/mol. The van der Waals surface area contributed by atoms with E-state index in [1.165, 1.54) is 9.21 Å². The molecule has 4 rings (SSSR count). The normalized spacial score (nSPS) is 11.9. The van der Waals surface area contributed by atoms with Crippen molar-refractivity contribution in [1.82, 2.24) is 10.2 Å². The molecule has 8 heteroatoms. The van der Waals surface area contributed by atoms with Crippen molar-refractivity contribution in [2.24, 2.45) is 0 Å². The molecule has 0 saturated carbocycles. The Morgan fingerprint density at radius 2 is 1.37 bits per heavy atom. The Labute approximate surface area is 255 Å². The molecule has 0 bridgehead atoms. The summed E-state index contributed by atoms with van der Waals surface area (Å²) in [6, 6.07) is 30.1. The van der Waals surface area contributed by atoms with Crippen LogP contribution in [0.4, 0.5) is 5.69 Å². The van der Waals surface area contributed by atoms with Crippen molar-refractivity contribution in [3.8, 4) is 0 Å². The molecule has 0 heterocycles. The molecule has 0 aromatic heterocycles. The molecule has 2 amide bonds. The van der Waals surface area contributed by atoms with Gasteiger partial charge in [0.25, 0.3) is 10.0 Å². The van der Waals surface area contributed by atoms with Gasteiger partial charge in [0, 0.05) is 19.5 Å². The van der Waals surface area contributed by atoms with Gasteiger partial charge in [-0.1, -0.05) is 90.5 Å². The maximum absolute atomic E-state index is 14.4. The van der Waals surface area contributed by atoms with Gasteiger partial charge in [-0.2, -0.15) is 0 Å². The molecule has 1 atom stereocenters. The number of benzene rings is 4. The van der Waals surface area contributed by atoms with Gasteiger partial charge in [-0.25, -0.2) is 8.42 Å². The predicted molar refractivity (Wildman–Crippen MR) is 171 cm³/mol. The van der Waals surface area contributed by atoms with Gasteiger partial charge in [-0.05, 0) is 68.1 Å². The summed E-state index contributed by atoms with van der Waals surface area (Å²) < 4.78 is 29.6. The zero-order valence-corrected chi connectivity index (χ0v) is 26.0. The maximum atomic E-state index is 14.4. The lowest BCUT2D eigenvalue weighted by Gasteiger charge is -2.34. The van der Waals surface area contributed by atoms with Crippen LogP contribution in [0, 0.1) is 20.8 Å². The minimum Gasteiger partial charge on any atom is -0.355 e. The van der Waals surface area contributed by atoms with Crippen LogP contribution in [0.15, 0.2) is 108 Å². The number of nitrogens with one attached hydrogen (secondary N) is 1. The first-order valence-corrected chi connectivity index (χ1v) is 15.9. The molecule has 0 saturated heterocycles. The van der Waals surface area contributed by atoms with E-state index in [-0.39, 0.29) is 23.8 Å². The zero-order chi connectivity index (χ0) is 31.0. The smallest absolute Gasteiger partial charge is 0.264 e. The summed E-state index contributed by atoms with van der Waals surface area (Å²) in [5.74, 6) is -0.775. The van der Waals surface area contributed by atoms with E-state index in [9.17, 15) is 18.0 Å². The molecular formula is C35H39N3O4S. The van der Waals surface area contributed by atoms with Gasteiger partial charge < -0.3 is 10.2 Å². The van der Waals surface area contributed by atoms with Gasteiger partial charge in [-0.15, -0.1) is 0 Å². The van der Waals surface area contributed by atoms with Crippen molar-refractivity contribution in [3.05, 3.63) is 131 Å². The average molecular weight is 598 g/mol. The first kappa shape index (κ1) is 31.5. The van der Waals surface area contributed by atoms with Crippen molar-refractivity contribution in [2.45, 2.75) is 51.6 Å². The fourth-order valence-electron chi connectivity index (χ4n) is 4.98. The summed E-state index contributed by atoms with van der Waals surface area (Å²) in [6.07, 6.45) is 0.277. The number of aryl methyl sites for hydroxylation is 2. The summed E-state index contributed by atoms with van der Waals surface area (Å²) in [4.78, 5) is 29.6. The number of rotatable bonds is 12. The number of amides is 2. The van der Waals surface area contributed by atoms with E-state index in [1.807, 2.05) is 94.4 Å². The number of anilines is 1. The third-order valence-corrected chi connectivity index (χ3v) is 9.32. The Kier molecular flexibility index (Phi) is 10.4. The van der Waals surface area contributed by atoms with Crippen LogP contribution in [0.25, 0.3) is 0 Å². The second-order valence-corrected chi connectivity index (χ2v) is 12.5. The van der Waals surface area contributed by atoms with E-state index in [4.69, 9.17) is 0 Å². The molecule has 1 N–H and O–H groups in total. The van der Waals surface area contributed by atoms with Crippen molar-refractivity contribution < 1.29 is 18.0 Å². The van der Waals surface area contributed by atoms with Crippen molar-refractivity contribution in [1.29, 1.82) is 0 Å². The molecule has 0 spiro atoms. The quantitative estimate of drug-likeness (QED) is 0.231. The number of likely N-dealkylation sites (N-methyl/N-ethyl adjacent to an activating group) is 1. The second kappa shape index (κ2) is 14.2. The highest BCUT2D eigenvalue weighted by Gasteiger charge is 2.35.